The molecule has 0 aliphatic rings. The van der Waals surface area contributed by atoms with Crippen LogP contribution in [0.15, 0.2) is 30.3 Å². The average Bonchev–Trinajstić information content (AvgIpc) is 2.80. The van der Waals surface area contributed by atoms with Crippen LogP contribution in [0.1, 0.15) is 35.6 Å². The number of aryl methyl sites for hydroxylation is 1. The molecule has 1 aromatic heterocycles. The number of aromatic nitrogens is 2. The van der Waals surface area contributed by atoms with Crippen LogP contribution >= 0.6 is 0 Å². The summed E-state index contributed by atoms with van der Waals surface area (Å²) in [5.41, 5.74) is 2.05. The molecule has 0 aliphatic carbocycles. The zero-order valence-electron chi connectivity index (χ0n) is 13.3. The number of nitrogens with zero attached hydrogens (tertiary/aromatic N) is 2. The molecular formula is C17H22FN3O. The molecule has 4 nitrogen and oxygen atoms in total. The molecule has 0 fully saturated rings. The minimum absolute atomic E-state index is 0.179. The highest BCUT2D eigenvalue weighted by Crippen LogP contribution is 2.09. The van der Waals surface area contributed by atoms with E-state index >= 15 is 0 Å². The Balaban J connectivity index is 1.92. The number of carbonyl (C=O) groups excluding carboxylic acids is 1. The first-order chi connectivity index (χ1) is 10.5. The Bertz CT molecular complexity index is 649. The third-order valence-corrected chi connectivity index (χ3v) is 3.42. The molecule has 0 aliphatic heterocycles. The van der Waals surface area contributed by atoms with E-state index in [0.29, 0.717) is 30.1 Å². The summed E-state index contributed by atoms with van der Waals surface area (Å²) in [6.45, 7) is 4.62. The maximum Gasteiger partial charge on any atom is 0.269 e. The summed E-state index contributed by atoms with van der Waals surface area (Å²) in [6.07, 6.45) is 1.31. The predicted octanol–water partition coefficient (Wildman–Crippen LogP) is 2.73. The van der Waals surface area contributed by atoms with Crippen molar-refractivity contribution >= 4 is 5.91 Å². The van der Waals surface area contributed by atoms with Gasteiger partial charge in [-0.1, -0.05) is 32.0 Å². The van der Waals surface area contributed by atoms with Crippen molar-refractivity contribution in [1.29, 1.82) is 0 Å². The third kappa shape index (κ3) is 4.16. The molecule has 0 saturated heterocycles. The molecule has 0 radical (unpaired) electrons. The van der Waals surface area contributed by atoms with E-state index in [1.807, 2.05) is 6.07 Å². The minimum atomic E-state index is -0.239. The van der Waals surface area contributed by atoms with E-state index < -0.39 is 0 Å². The highest BCUT2D eigenvalue weighted by atomic mass is 19.1. The quantitative estimate of drug-likeness (QED) is 0.892. The lowest BCUT2D eigenvalue weighted by Crippen LogP contribution is -2.27. The van der Waals surface area contributed by atoms with Crippen molar-refractivity contribution in [3.8, 4) is 0 Å². The van der Waals surface area contributed by atoms with Crippen LogP contribution in [0.5, 0.6) is 0 Å². The molecule has 0 saturated carbocycles. The standard InChI is InChI=1S/C17H22FN3O/c1-12(2)10-14-11-16(21(3)20-14)17(22)19-9-8-13-6-4-5-7-15(13)18/h4-7,11-12H,8-10H2,1-3H3,(H,19,22). The molecule has 0 bridgehead atoms. The van der Waals surface area contributed by atoms with E-state index in [-0.39, 0.29) is 11.7 Å². The molecule has 5 heteroatoms. The zero-order chi connectivity index (χ0) is 16.1. The van der Waals surface area contributed by atoms with Gasteiger partial charge in [0, 0.05) is 13.6 Å². The molecule has 22 heavy (non-hydrogen) atoms. The fourth-order valence-corrected chi connectivity index (χ4v) is 2.36. The van der Waals surface area contributed by atoms with Gasteiger partial charge in [0.05, 0.1) is 5.69 Å². The summed E-state index contributed by atoms with van der Waals surface area (Å²) in [6, 6.07) is 8.42. The largest absolute Gasteiger partial charge is 0.350 e. The molecule has 118 valence electrons. The van der Waals surface area contributed by atoms with Gasteiger partial charge in [-0.2, -0.15) is 5.10 Å². The van der Waals surface area contributed by atoms with E-state index in [1.165, 1.54) is 6.07 Å². The Hall–Kier alpha value is -2.17. The lowest BCUT2D eigenvalue weighted by Gasteiger charge is -2.06. The van der Waals surface area contributed by atoms with Crippen molar-refractivity contribution in [2.45, 2.75) is 26.7 Å². The van der Waals surface area contributed by atoms with Crippen LogP contribution in [0.2, 0.25) is 0 Å². The smallest absolute Gasteiger partial charge is 0.269 e. The summed E-state index contributed by atoms with van der Waals surface area (Å²) in [5, 5.41) is 7.16. The molecule has 0 atom stereocenters. The highest BCUT2D eigenvalue weighted by molar-refractivity contribution is 5.92. The van der Waals surface area contributed by atoms with Gasteiger partial charge in [-0.15, -0.1) is 0 Å². The number of halogens is 1. The van der Waals surface area contributed by atoms with E-state index in [1.54, 1.807) is 29.9 Å². The number of nitrogens with one attached hydrogen (secondary N) is 1. The van der Waals surface area contributed by atoms with Gasteiger partial charge < -0.3 is 5.32 Å². The second-order valence-corrected chi connectivity index (χ2v) is 5.84. The molecule has 2 rings (SSSR count). The first-order valence-electron chi connectivity index (χ1n) is 7.52. The van der Waals surface area contributed by atoms with Gasteiger partial charge in [-0.05, 0) is 36.5 Å². The van der Waals surface area contributed by atoms with Crippen LogP contribution in [-0.4, -0.2) is 22.2 Å². The van der Waals surface area contributed by atoms with Crippen LogP contribution in [0, 0.1) is 11.7 Å². The molecule has 1 N–H and O–H groups in total. The molecular weight excluding hydrogens is 281 g/mol. The molecule has 1 heterocycles. The van der Waals surface area contributed by atoms with E-state index in [9.17, 15) is 9.18 Å². The Kier molecular flexibility index (Phi) is 5.31. The maximum absolute atomic E-state index is 13.5. The molecule has 0 spiro atoms. The Labute approximate surface area is 130 Å². The minimum Gasteiger partial charge on any atom is -0.350 e. The third-order valence-electron chi connectivity index (χ3n) is 3.42. The van der Waals surface area contributed by atoms with Crippen LogP contribution in [0.25, 0.3) is 0 Å². The van der Waals surface area contributed by atoms with Gasteiger partial charge in [0.15, 0.2) is 0 Å². The normalized spacial score (nSPS) is 11.0. The van der Waals surface area contributed by atoms with Crippen molar-refractivity contribution in [3.05, 3.63) is 53.1 Å². The molecule has 1 aromatic carbocycles. The molecule has 0 unspecified atom stereocenters. The highest BCUT2D eigenvalue weighted by Gasteiger charge is 2.13. The van der Waals surface area contributed by atoms with E-state index in [2.05, 4.69) is 24.3 Å². The van der Waals surface area contributed by atoms with Crippen molar-refractivity contribution in [2.75, 3.05) is 6.54 Å². The van der Waals surface area contributed by atoms with E-state index in [4.69, 9.17) is 0 Å². The van der Waals surface area contributed by atoms with Gasteiger partial charge in [0.2, 0.25) is 0 Å². The molecule has 2 aromatic rings. The van der Waals surface area contributed by atoms with Crippen molar-refractivity contribution < 1.29 is 9.18 Å². The summed E-state index contributed by atoms with van der Waals surface area (Å²) >= 11 is 0. The van der Waals surface area contributed by atoms with Gasteiger partial charge in [0.25, 0.3) is 5.91 Å². The fraction of sp³-hybridized carbons (Fsp3) is 0.412. The number of rotatable bonds is 6. The first-order valence-corrected chi connectivity index (χ1v) is 7.52. The van der Waals surface area contributed by atoms with Gasteiger partial charge in [-0.3, -0.25) is 9.48 Å². The fourth-order valence-electron chi connectivity index (χ4n) is 2.36. The van der Waals surface area contributed by atoms with Gasteiger partial charge >= 0.3 is 0 Å². The Morgan fingerprint density at radius 1 is 1.36 bits per heavy atom. The maximum atomic E-state index is 13.5. The van der Waals surface area contributed by atoms with Crippen LogP contribution in [0.4, 0.5) is 4.39 Å². The van der Waals surface area contributed by atoms with Gasteiger partial charge in [0.1, 0.15) is 11.5 Å². The van der Waals surface area contributed by atoms with Crippen LogP contribution in [0.3, 0.4) is 0 Å². The van der Waals surface area contributed by atoms with Crippen LogP contribution in [-0.2, 0) is 19.9 Å². The Morgan fingerprint density at radius 3 is 2.77 bits per heavy atom. The van der Waals surface area contributed by atoms with Crippen molar-refractivity contribution in [3.63, 3.8) is 0 Å². The second kappa shape index (κ2) is 7.20. The van der Waals surface area contributed by atoms with E-state index in [0.717, 1.165) is 12.1 Å². The van der Waals surface area contributed by atoms with Crippen molar-refractivity contribution in [2.24, 2.45) is 13.0 Å². The zero-order valence-corrected chi connectivity index (χ0v) is 13.3. The second-order valence-electron chi connectivity index (χ2n) is 5.84. The van der Waals surface area contributed by atoms with Crippen molar-refractivity contribution in [1.82, 2.24) is 15.1 Å². The predicted molar refractivity (Wildman–Crippen MR) is 84.2 cm³/mol. The molecule has 1 amide bonds. The number of carbonyl (C=O) groups is 1. The summed E-state index contributed by atoms with van der Waals surface area (Å²) in [4.78, 5) is 12.2. The summed E-state index contributed by atoms with van der Waals surface area (Å²) < 4.78 is 15.1. The Morgan fingerprint density at radius 2 is 2.09 bits per heavy atom. The lowest BCUT2D eigenvalue weighted by atomic mass is 10.1. The van der Waals surface area contributed by atoms with Crippen LogP contribution < -0.4 is 5.32 Å². The number of amides is 1. The topological polar surface area (TPSA) is 46.9 Å². The number of hydrogen-bond donors (Lipinski definition) is 1. The average molecular weight is 303 g/mol. The summed E-state index contributed by atoms with van der Waals surface area (Å²) in [7, 11) is 1.76. The SMILES string of the molecule is CC(C)Cc1cc(C(=O)NCCc2ccccc2F)n(C)n1. The number of benzene rings is 1. The monoisotopic (exact) mass is 303 g/mol. The first kappa shape index (κ1) is 16.2. The lowest BCUT2D eigenvalue weighted by molar-refractivity contribution is 0.0944. The van der Waals surface area contributed by atoms with Gasteiger partial charge in [-0.25, -0.2) is 4.39 Å². The summed E-state index contributed by atoms with van der Waals surface area (Å²) in [5.74, 6) is 0.0738. The number of hydrogen-bond acceptors (Lipinski definition) is 2.